The van der Waals surface area contributed by atoms with E-state index in [9.17, 15) is 36.2 Å². The fourth-order valence-corrected chi connectivity index (χ4v) is 7.61. The summed E-state index contributed by atoms with van der Waals surface area (Å²) in [6, 6.07) is 15.5. The van der Waals surface area contributed by atoms with E-state index in [0.29, 0.717) is 30.7 Å². The molecular weight excluding hydrogens is 644 g/mol. The van der Waals surface area contributed by atoms with Gasteiger partial charge in [-0.2, -0.15) is 26.3 Å². The summed E-state index contributed by atoms with van der Waals surface area (Å²) in [4.78, 5) is 14.0. The molecule has 2 heterocycles. The third-order valence-corrected chi connectivity index (χ3v) is 10.1. The van der Waals surface area contributed by atoms with Gasteiger partial charge in [-0.15, -0.1) is 0 Å². The van der Waals surface area contributed by atoms with Crippen LogP contribution in [-0.2, 0) is 18.8 Å². The maximum atomic E-state index is 13.3. The van der Waals surface area contributed by atoms with Gasteiger partial charge < -0.3 is 20.3 Å². The lowest BCUT2D eigenvalue weighted by molar-refractivity contribution is -0.143. The zero-order valence-electron chi connectivity index (χ0n) is 27.2. The van der Waals surface area contributed by atoms with Crippen LogP contribution >= 0.6 is 0 Å². The summed E-state index contributed by atoms with van der Waals surface area (Å²) in [5.74, 6) is -1.28. The highest BCUT2D eigenvalue weighted by atomic mass is 19.4. The number of carboxylic acids is 1. The number of halogens is 6. The van der Waals surface area contributed by atoms with E-state index in [2.05, 4.69) is 41.3 Å². The van der Waals surface area contributed by atoms with Crippen LogP contribution < -0.4 is 10.6 Å². The summed E-state index contributed by atoms with van der Waals surface area (Å²) < 4.78 is 81.1. The third-order valence-electron chi connectivity index (χ3n) is 10.1. The molecule has 3 aromatic carbocycles. The molecule has 3 N–H and O–H groups in total. The van der Waals surface area contributed by atoms with Gasteiger partial charge in [0.15, 0.2) is 0 Å². The maximum Gasteiger partial charge on any atom is 0.416 e. The van der Waals surface area contributed by atoms with Crippen molar-refractivity contribution in [1.29, 1.82) is 0 Å². The summed E-state index contributed by atoms with van der Waals surface area (Å²) in [6.45, 7) is 3.83. The summed E-state index contributed by atoms with van der Waals surface area (Å²) in [5, 5.41) is 9.44. The number of aromatic nitrogens is 1. The number of nitrogen functional groups attached to an aromatic ring is 1. The van der Waals surface area contributed by atoms with Crippen LogP contribution in [0.2, 0.25) is 0 Å². The Kier molecular flexibility index (Phi) is 9.48. The lowest BCUT2D eigenvalue weighted by Gasteiger charge is -2.30. The molecule has 0 unspecified atom stereocenters. The average Bonchev–Trinajstić information content (AvgIpc) is 3.64. The maximum absolute atomic E-state index is 13.3. The predicted molar refractivity (Wildman–Crippen MR) is 179 cm³/mol. The van der Waals surface area contributed by atoms with Crippen LogP contribution in [0.4, 0.5) is 37.7 Å². The molecule has 7 rings (SSSR count). The normalized spacial score (nSPS) is 16.5. The number of piperidine rings is 1. The Balaban J connectivity index is 0.000000181. The first kappa shape index (κ1) is 34.5. The molecule has 11 heteroatoms. The van der Waals surface area contributed by atoms with E-state index in [0.717, 1.165) is 44.5 Å². The molecular formula is C38H39F6N3O2. The van der Waals surface area contributed by atoms with Crippen LogP contribution in [0.3, 0.4) is 0 Å². The Bertz CT molecular complexity index is 1820. The van der Waals surface area contributed by atoms with E-state index in [1.165, 1.54) is 60.2 Å². The number of benzene rings is 3. The van der Waals surface area contributed by atoms with E-state index in [1.807, 2.05) is 0 Å². The number of alkyl halides is 6. The van der Waals surface area contributed by atoms with Crippen molar-refractivity contribution in [3.63, 3.8) is 0 Å². The van der Waals surface area contributed by atoms with E-state index in [-0.39, 0.29) is 28.9 Å². The van der Waals surface area contributed by atoms with Gasteiger partial charge in [0.2, 0.25) is 0 Å². The number of carboxylic acid groups (broad SMARTS) is 1. The number of aromatic carboxylic acids is 1. The van der Waals surface area contributed by atoms with E-state index in [4.69, 9.17) is 5.73 Å². The molecule has 49 heavy (non-hydrogen) atoms. The van der Waals surface area contributed by atoms with E-state index >= 15 is 0 Å². The zero-order chi connectivity index (χ0) is 35.1. The molecule has 4 aromatic rings. The molecule has 5 nitrogen and oxygen atoms in total. The molecule has 0 spiro atoms. The zero-order valence-corrected chi connectivity index (χ0v) is 27.2. The largest absolute Gasteiger partial charge is 0.478 e. The van der Waals surface area contributed by atoms with Crippen molar-refractivity contribution in [3.05, 3.63) is 94.2 Å². The quantitative estimate of drug-likeness (QED) is 0.146. The van der Waals surface area contributed by atoms with Gasteiger partial charge in [-0.05, 0) is 97.2 Å². The fraction of sp³-hybridized carbons (Fsp3) is 0.395. The van der Waals surface area contributed by atoms with Gasteiger partial charge in [-0.1, -0.05) is 49.6 Å². The smallest absolute Gasteiger partial charge is 0.416 e. The Morgan fingerprint density at radius 3 is 2.02 bits per heavy atom. The standard InChI is InChI=1S/C20H19F6NO2.C18H20N2/c1-11-16(18(28)29)10-17(27(11)15-5-3-2-4-6-15)12-7-13(19(21,22)23)9-14(8-12)20(24,25)26;19-18-16-12-13-6-2-3-7-14(13)15(16)8-9-17(18)20-10-4-1-5-11-20/h7-10,15H,2-6H2,1H3,(H,28,29);2-3,6-9H,1,4-5,10-12,19H2. The molecule has 1 saturated heterocycles. The highest BCUT2D eigenvalue weighted by Gasteiger charge is 2.38. The summed E-state index contributed by atoms with van der Waals surface area (Å²) in [6.07, 6.45) is -0.939. The third kappa shape index (κ3) is 7.03. The van der Waals surface area contributed by atoms with E-state index < -0.39 is 29.4 Å². The Morgan fingerprint density at radius 2 is 1.41 bits per heavy atom. The molecule has 0 atom stereocenters. The highest BCUT2D eigenvalue weighted by molar-refractivity contribution is 5.91. The molecule has 0 bridgehead atoms. The van der Waals surface area contributed by atoms with Gasteiger partial charge in [0, 0.05) is 36.9 Å². The molecule has 1 aromatic heterocycles. The summed E-state index contributed by atoms with van der Waals surface area (Å²) in [5.41, 5.74) is 11.3. The van der Waals surface area contributed by atoms with Crippen LogP contribution in [0, 0.1) is 6.92 Å². The average molecular weight is 684 g/mol. The predicted octanol–water partition coefficient (Wildman–Crippen LogP) is 10.5. The van der Waals surface area contributed by atoms with Crippen molar-refractivity contribution in [2.24, 2.45) is 0 Å². The number of nitrogens with two attached hydrogens (primary N) is 1. The second kappa shape index (κ2) is 13.5. The second-order valence-electron chi connectivity index (χ2n) is 13.2. The van der Waals surface area contributed by atoms with Crippen LogP contribution in [-0.4, -0.2) is 28.7 Å². The molecule has 1 aliphatic heterocycles. The van der Waals surface area contributed by atoms with Crippen LogP contribution in [0.5, 0.6) is 0 Å². The number of hydrogen-bond acceptors (Lipinski definition) is 3. The molecule has 0 radical (unpaired) electrons. The minimum absolute atomic E-state index is 0.0587. The Labute approximate surface area is 281 Å². The van der Waals surface area contributed by atoms with Crippen molar-refractivity contribution in [3.8, 4) is 22.4 Å². The number of fused-ring (bicyclic) bond motifs is 3. The highest BCUT2D eigenvalue weighted by Crippen LogP contribution is 2.44. The Morgan fingerprint density at radius 1 is 0.796 bits per heavy atom. The van der Waals surface area contributed by atoms with Gasteiger partial charge in [-0.3, -0.25) is 0 Å². The van der Waals surface area contributed by atoms with Gasteiger partial charge in [-0.25, -0.2) is 4.79 Å². The first-order chi connectivity index (χ1) is 23.2. The monoisotopic (exact) mass is 683 g/mol. The lowest BCUT2D eigenvalue weighted by atomic mass is 9.94. The van der Waals surface area contributed by atoms with Crippen LogP contribution in [0.15, 0.2) is 60.7 Å². The number of hydrogen-bond donors (Lipinski definition) is 2. The van der Waals surface area contributed by atoms with Gasteiger partial charge >= 0.3 is 18.3 Å². The van der Waals surface area contributed by atoms with Crippen LogP contribution in [0.1, 0.15) is 95.7 Å². The number of carbonyl (C=O) groups is 1. The first-order valence-corrected chi connectivity index (χ1v) is 16.7. The topological polar surface area (TPSA) is 71.5 Å². The number of anilines is 2. The van der Waals surface area contributed by atoms with Crippen molar-refractivity contribution >= 4 is 17.3 Å². The van der Waals surface area contributed by atoms with Crippen molar-refractivity contribution < 1.29 is 36.2 Å². The van der Waals surface area contributed by atoms with Crippen LogP contribution in [0.25, 0.3) is 22.4 Å². The van der Waals surface area contributed by atoms with Crippen molar-refractivity contribution in [2.45, 2.75) is 83.1 Å². The number of nitrogens with zero attached hydrogens (tertiary/aromatic N) is 2. The first-order valence-electron chi connectivity index (χ1n) is 16.7. The SMILES string of the molecule is Cc1c(C(=O)O)cc(-c2cc(C(F)(F)F)cc(C(F)(F)F)c2)n1C1CCCCC1.Nc1c(N2CCCCC2)ccc2c1Cc1ccccc1-2. The van der Waals surface area contributed by atoms with Crippen molar-refractivity contribution in [2.75, 3.05) is 23.7 Å². The minimum Gasteiger partial charge on any atom is -0.478 e. The molecule has 0 amide bonds. The van der Waals surface area contributed by atoms with Gasteiger partial charge in [0.05, 0.1) is 28.1 Å². The molecule has 260 valence electrons. The van der Waals surface area contributed by atoms with Crippen molar-refractivity contribution in [1.82, 2.24) is 4.57 Å². The van der Waals surface area contributed by atoms with E-state index in [1.54, 1.807) is 4.57 Å². The van der Waals surface area contributed by atoms with Gasteiger partial charge in [0.1, 0.15) is 0 Å². The molecule has 2 aliphatic carbocycles. The summed E-state index contributed by atoms with van der Waals surface area (Å²) >= 11 is 0. The lowest BCUT2D eigenvalue weighted by Crippen LogP contribution is -2.30. The minimum atomic E-state index is -4.97. The second-order valence-corrected chi connectivity index (χ2v) is 13.2. The fourth-order valence-electron chi connectivity index (χ4n) is 7.61. The molecule has 1 saturated carbocycles. The summed E-state index contributed by atoms with van der Waals surface area (Å²) in [7, 11) is 0. The number of rotatable bonds is 4. The molecule has 3 aliphatic rings. The Hall–Kier alpha value is -4.41. The van der Waals surface area contributed by atoms with Gasteiger partial charge in [0.25, 0.3) is 0 Å². The molecule has 2 fully saturated rings.